The standard InChI is InChI=1S/C19H29N5O3S.HI/c1-5-17-16(18(6-2)27-24-17)13-23-19(21-7-3)22-12-14-9-8-10-15(11-14)28(25,26)20-4;/h8-11,20H,5-7,12-13H2,1-4H3,(H2,21,22,23);1H. The Morgan fingerprint density at radius 1 is 1.17 bits per heavy atom. The number of nitrogens with one attached hydrogen (secondary N) is 3. The van der Waals surface area contributed by atoms with Crippen LogP contribution < -0.4 is 15.4 Å². The van der Waals surface area contributed by atoms with Gasteiger partial charge in [0.05, 0.1) is 17.1 Å². The second-order valence-corrected chi connectivity index (χ2v) is 8.03. The Balaban J connectivity index is 0.00000420. The van der Waals surface area contributed by atoms with Crippen molar-refractivity contribution in [3.05, 3.63) is 46.8 Å². The number of hydrogen-bond donors (Lipinski definition) is 3. The smallest absolute Gasteiger partial charge is 0.240 e. The summed E-state index contributed by atoms with van der Waals surface area (Å²) in [5, 5.41) is 10.6. The van der Waals surface area contributed by atoms with E-state index in [-0.39, 0.29) is 28.9 Å². The normalized spacial score (nSPS) is 11.8. The maximum atomic E-state index is 12.0. The molecule has 0 unspecified atom stereocenters. The van der Waals surface area contributed by atoms with E-state index in [9.17, 15) is 8.42 Å². The molecule has 2 rings (SSSR count). The van der Waals surface area contributed by atoms with E-state index >= 15 is 0 Å². The third-order valence-electron chi connectivity index (χ3n) is 4.28. The van der Waals surface area contributed by atoms with Gasteiger partial charge in [-0.15, -0.1) is 24.0 Å². The van der Waals surface area contributed by atoms with Crippen LogP contribution in [-0.4, -0.2) is 33.1 Å². The maximum Gasteiger partial charge on any atom is 0.240 e. The lowest BCUT2D eigenvalue weighted by Crippen LogP contribution is -2.37. The molecule has 0 saturated carbocycles. The number of halogens is 1. The molecule has 0 atom stereocenters. The molecule has 0 aliphatic rings. The van der Waals surface area contributed by atoms with E-state index in [4.69, 9.17) is 4.52 Å². The van der Waals surface area contributed by atoms with Gasteiger partial charge in [0, 0.05) is 25.1 Å². The summed E-state index contributed by atoms with van der Waals surface area (Å²) in [6.45, 7) is 7.71. The van der Waals surface area contributed by atoms with Gasteiger partial charge in [0.15, 0.2) is 5.96 Å². The van der Waals surface area contributed by atoms with Crippen molar-refractivity contribution < 1.29 is 12.9 Å². The fraction of sp³-hybridized carbons (Fsp3) is 0.474. The molecule has 0 saturated heterocycles. The van der Waals surface area contributed by atoms with Crippen LogP contribution in [0, 0.1) is 0 Å². The molecule has 162 valence electrons. The predicted octanol–water partition coefficient (Wildman–Crippen LogP) is 2.58. The van der Waals surface area contributed by atoms with E-state index in [1.165, 1.54) is 7.05 Å². The highest BCUT2D eigenvalue weighted by atomic mass is 127. The van der Waals surface area contributed by atoms with Gasteiger partial charge in [-0.1, -0.05) is 31.1 Å². The number of nitrogens with zero attached hydrogens (tertiary/aromatic N) is 2. The molecular formula is C19H30IN5O3S. The molecule has 3 N–H and O–H groups in total. The van der Waals surface area contributed by atoms with Crippen LogP contribution in [-0.2, 0) is 36.0 Å². The summed E-state index contributed by atoms with van der Waals surface area (Å²) < 4.78 is 31.6. The summed E-state index contributed by atoms with van der Waals surface area (Å²) in [6.07, 6.45) is 1.59. The minimum Gasteiger partial charge on any atom is -0.361 e. The molecule has 29 heavy (non-hydrogen) atoms. The third kappa shape index (κ3) is 6.96. The van der Waals surface area contributed by atoms with Gasteiger partial charge >= 0.3 is 0 Å². The summed E-state index contributed by atoms with van der Waals surface area (Å²) >= 11 is 0. The molecule has 0 radical (unpaired) electrons. The molecule has 0 aliphatic heterocycles. The van der Waals surface area contributed by atoms with Crippen molar-refractivity contribution in [3.63, 3.8) is 0 Å². The lowest BCUT2D eigenvalue weighted by molar-refractivity contribution is 0.380. The summed E-state index contributed by atoms with van der Waals surface area (Å²) in [4.78, 5) is 4.80. The largest absolute Gasteiger partial charge is 0.361 e. The van der Waals surface area contributed by atoms with E-state index in [1.54, 1.807) is 18.2 Å². The van der Waals surface area contributed by atoms with Gasteiger partial charge in [-0.3, -0.25) is 0 Å². The summed E-state index contributed by atoms with van der Waals surface area (Å²) in [7, 11) is -2.08. The zero-order valence-corrected chi connectivity index (χ0v) is 20.4. The van der Waals surface area contributed by atoms with Crippen LogP contribution in [0.15, 0.2) is 38.7 Å². The Morgan fingerprint density at radius 2 is 1.93 bits per heavy atom. The Morgan fingerprint density at radius 3 is 2.55 bits per heavy atom. The second-order valence-electron chi connectivity index (χ2n) is 6.14. The molecule has 8 nitrogen and oxygen atoms in total. The average molecular weight is 535 g/mol. The number of aliphatic imine (C=N–C) groups is 1. The second kappa shape index (κ2) is 12.1. The zero-order chi connectivity index (χ0) is 20.6. The highest BCUT2D eigenvalue weighted by Gasteiger charge is 2.14. The van der Waals surface area contributed by atoms with Crippen LogP contribution in [0.25, 0.3) is 0 Å². The van der Waals surface area contributed by atoms with Crippen LogP contribution >= 0.6 is 24.0 Å². The van der Waals surface area contributed by atoms with Crippen LogP contribution in [0.2, 0.25) is 0 Å². The van der Waals surface area contributed by atoms with Crippen LogP contribution in [0.1, 0.15) is 43.4 Å². The number of aryl methyl sites for hydroxylation is 2. The van der Waals surface area contributed by atoms with Gasteiger partial charge in [-0.2, -0.15) is 0 Å². The van der Waals surface area contributed by atoms with Crippen molar-refractivity contribution in [2.75, 3.05) is 13.6 Å². The molecule has 0 aliphatic carbocycles. The molecule has 0 amide bonds. The average Bonchev–Trinajstić information content (AvgIpc) is 3.12. The first-order chi connectivity index (χ1) is 13.4. The molecule has 1 aromatic carbocycles. The highest BCUT2D eigenvalue weighted by molar-refractivity contribution is 14.0. The van der Waals surface area contributed by atoms with Crippen molar-refractivity contribution in [3.8, 4) is 0 Å². The Kier molecular flexibility index (Phi) is 10.6. The first kappa shape index (κ1) is 25.4. The van der Waals surface area contributed by atoms with Crippen molar-refractivity contribution >= 4 is 40.0 Å². The summed E-state index contributed by atoms with van der Waals surface area (Å²) in [6, 6.07) is 6.76. The van der Waals surface area contributed by atoms with Crippen LogP contribution in [0.4, 0.5) is 0 Å². The number of rotatable bonds is 9. The van der Waals surface area contributed by atoms with E-state index in [0.29, 0.717) is 25.6 Å². The number of guanidine groups is 1. The number of aromatic nitrogens is 1. The molecule has 0 fully saturated rings. The van der Waals surface area contributed by atoms with Crippen molar-refractivity contribution in [1.82, 2.24) is 20.5 Å². The van der Waals surface area contributed by atoms with Gasteiger partial charge in [0.1, 0.15) is 5.76 Å². The van der Waals surface area contributed by atoms with E-state index in [2.05, 4.69) is 25.5 Å². The Bertz CT molecular complexity index is 891. The molecule has 0 spiro atoms. The van der Waals surface area contributed by atoms with Crippen molar-refractivity contribution in [2.24, 2.45) is 4.99 Å². The van der Waals surface area contributed by atoms with E-state index in [1.807, 2.05) is 26.8 Å². The first-order valence-corrected chi connectivity index (χ1v) is 10.9. The van der Waals surface area contributed by atoms with Crippen LogP contribution in [0.5, 0.6) is 0 Å². The fourth-order valence-electron chi connectivity index (χ4n) is 2.75. The first-order valence-electron chi connectivity index (χ1n) is 9.46. The lowest BCUT2D eigenvalue weighted by Gasteiger charge is -2.12. The lowest BCUT2D eigenvalue weighted by atomic mass is 10.1. The van der Waals surface area contributed by atoms with Gasteiger partial charge in [-0.05, 0) is 38.1 Å². The fourth-order valence-corrected chi connectivity index (χ4v) is 3.55. The Hall–Kier alpha value is -1.66. The van der Waals surface area contributed by atoms with Crippen molar-refractivity contribution in [2.45, 2.75) is 51.6 Å². The minimum absolute atomic E-state index is 0. The monoisotopic (exact) mass is 535 g/mol. The van der Waals surface area contributed by atoms with E-state index in [0.717, 1.165) is 35.4 Å². The topological polar surface area (TPSA) is 109 Å². The van der Waals surface area contributed by atoms with Crippen molar-refractivity contribution in [1.29, 1.82) is 0 Å². The highest BCUT2D eigenvalue weighted by Crippen LogP contribution is 2.15. The molecular weight excluding hydrogens is 505 g/mol. The molecule has 1 aromatic heterocycles. The Labute approximate surface area is 190 Å². The third-order valence-corrected chi connectivity index (χ3v) is 5.69. The molecule has 10 heteroatoms. The molecule has 0 bridgehead atoms. The number of sulfonamides is 1. The number of hydrogen-bond acceptors (Lipinski definition) is 5. The van der Waals surface area contributed by atoms with E-state index < -0.39 is 10.0 Å². The predicted molar refractivity (Wildman–Crippen MR) is 125 cm³/mol. The minimum atomic E-state index is -3.47. The van der Waals surface area contributed by atoms with Crippen LogP contribution in [0.3, 0.4) is 0 Å². The molecule has 2 aromatic rings. The number of benzene rings is 1. The SMILES string of the molecule is CCNC(=NCc1cccc(S(=O)(=O)NC)c1)NCc1c(CC)noc1CC.I. The summed E-state index contributed by atoms with van der Waals surface area (Å²) in [5.74, 6) is 1.53. The van der Waals surface area contributed by atoms with Gasteiger partial charge in [-0.25, -0.2) is 18.1 Å². The molecule has 1 heterocycles. The van der Waals surface area contributed by atoms with Gasteiger partial charge < -0.3 is 15.2 Å². The summed E-state index contributed by atoms with van der Waals surface area (Å²) in [5.41, 5.74) is 2.82. The van der Waals surface area contributed by atoms with Gasteiger partial charge in [0.25, 0.3) is 0 Å². The quantitative estimate of drug-likeness (QED) is 0.259. The van der Waals surface area contributed by atoms with Gasteiger partial charge in [0.2, 0.25) is 10.0 Å². The zero-order valence-electron chi connectivity index (χ0n) is 17.3. The maximum absolute atomic E-state index is 12.0.